The SMILES string of the molecule is COc1ccc(Cl)cc1NC(=O)CC[C@@H]1CCCN(C(=O)C(=O)c2ccco2)C1. The summed E-state index contributed by atoms with van der Waals surface area (Å²) in [5.74, 6) is -0.607. The number of furan rings is 1. The Morgan fingerprint density at radius 1 is 1.31 bits per heavy atom. The second-order valence-electron chi connectivity index (χ2n) is 7.00. The number of ether oxygens (including phenoxy) is 1. The summed E-state index contributed by atoms with van der Waals surface area (Å²) in [5.41, 5.74) is 0.523. The number of Topliss-reactive ketones (excluding diaryl/α,β-unsaturated/α-hetero) is 1. The fraction of sp³-hybridized carbons (Fsp3) is 0.381. The number of hydrogen-bond acceptors (Lipinski definition) is 5. The molecule has 154 valence electrons. The first kappa shape index (κ1) is 20.9. The highest BCUT2D eigenvalue weighted by molar-refractivity contribution is 6.41. The van der Waals surface area contributed by atoms with E-state index in [-0.39, 0.29) is 17.6 Å². The average Bonchev–Trinajstić information content (AvgIpc) is 3.26. The summed E-state index contributed by atoms with van der Waals surface area (Å²) < 4.78 is 10.3. The molecule has 1 aliphatic heterocycles. The van der Waals surface area contributed by atoms with Crippen molar-refractivity contribution in [2.45, 2.75) is 25.7 Å². The highest BCUT2D eigenvalue weighted by atomic mass is 35.5. The van der Waals surface area contributed by atoms with Crippen LogP contribution in [-0.2, 0) is 9.59 Å². The summed E-state index contributed by atoms with van der Waals surface area (Å²) in [6, 6.07) is 8.08. The lowest BCUT2D eigenvalue weighted by molar-refractivity contribution is -0.128. The van der Waals surface area contributed by atoms with E-state index in [1.54, 1.807) is 29.2 Å². The number of carbonyl (C=O) groups excluding carboxylic acids is 3. The van der Waals surface area contributed by atoms with Gasteiger partial charge in [-0.25, -0.2) is 0 Å². The fourth-order valence-electron chi connectivity index (χ4n) is 3.47. The Morgan fingerprint density at radius 2 is 2.14 bits per heavy atom. The number of anilines is 1. The van der Waals surface area contributed by atoms with Gasteiger partial charge in [0.05, 0.1) is 19.1 Å². The topological polar surface area (TPSA) is 88.9 Å². The third kappa shape index (κ3) is 5.38. The number of rotatable bonds is 7. The van der Waals surface area contributed by atoms with Gasteiger partial charge in [0.2, 0.25) is 5.91 Å². The normalized spacial score (nSPS) is 16.3. The summed E-state index contributed by atoms with van der Waals surface area (Å²) in [6.07, 6.45) is 3.99. The van der Waals surface area contributed by atoms with Crippen molar-refractivity contribution in [3.63, 3.8) is 0 Å². The van der Waals surface area contributed by atoms with Gasteiger partial charge in [0, 0.05) is 24.5 Å². The molecule has 1 atom stereocenters. The van der Waals surface area contributed by atoms with Gasteiger partial charge < -0.3 is 19.4 Å². The van der Waals surface area contributed by atoms with Crippen LogP contribution in [-0.4, -0.2) is 42.7 Å². The number of likely N-dealkylation sites (tertiary alicyclic amines) is 1. The van der Waals surface area contributed by atoms with E-state index in [9.17, 15) is 14.4 Å². The number of amides is 2. The quantitative estimate of drug-likeness (QED) is 0.546. The van der Waals surface area contributed by atoms with Gasteiger partial charge in [-0.3, -0.25) is 14.4 Å². The third-order valence-corrected chi connectivity index (χ3v) is 5.20. The molecule has 0 spiro atoms. The molecule has 1 aliphatic rings. The van der Waals surface area contributed by atoms with Crippen molar-refractivity contribution in [2.75, 3.05) is 25.5 Å². The zero-order chi connectivity index (χ0) is 20.8. The molecule has 1 aromatic carbocycles. The first-order valence-electron chi connectivity index (χ1n) is 9.48. The molecule has 0 bridgehead atoms. The van der Waals surface area contributed by atoms with E-state index in [1.165, 1.54) is 19.4 Å². The van der Waals surface area contributed by atoms with Crippen LogP contribution in [0.15, 0.2) is 41.0 Å². The van der Waals surface area contributed by atoms with Crippen LogP contribution >= 0.6 is 11.6 Å². The molecule has 3 rings (SSSR count). The second-order valence-corrected chi connectivity index (χ2v) is 7.43. The third-order valence-electron chi connectivity index (χ3n) is 4.96. The molecule has 8 heteroatoms. The molecule has 7 nitrogen and oxygen atoms in total. The Kier molecular flexibility index (Phi) is 6.93. The van der Waals surface area contributed by atoms with Crippen molar-refractivity contribution in [3.05, 3.63) is 47.4 Å². The molecule has 2 amide bonds. The fourth-order valence-corrected chi connectivity index (χ4v) is 3.64. The minimum atomic E-state index is -0.638. The summed E-state index contributed by atoms with van der Waals surface area (Å²) >= 11 is 5.99. The molecule has 1 fully saturated rings. The number of methoxy groups -OCH3 is 1. The molecule has 0 unspecified atom stereocenters. The van der Waals surface area contributed by atoms with Gasteiger partial charge in [0.1, 0.15) is 5.75 Å². The number of carbonyl (C=O) groups is 3. The van der Waals surface area contributed by atoms with Crippen molar-refractivity contribution in [1.29, 1.82) is 0 Å². The summed E-state index contributed by atoms with van der Waals surface area (Å²) in [4.78, 5) is 38.5. The van der Waals surface area contributed by atoms with Crippen molar-refractivity contribution in [3.8, 4) is 5.75 Å². The zero-order valence-corrected chi connectivity index (χ0v) is 16.9. The lowest BCUT2D eigenvalue weighted by Crippen LogP contribution is -2.43. The van der Waals surface area contributed by atoms with Crippen molar-refractivity contribution >= 4 is 34.9 Å². The maximum atomic E-state index is 12.4. The molecule has 0 aliphatic carbocycles. The van der Waals surface area contributed by atoms with Crippen LogP contribution in [0.3, 0.4) is 0 Å². The molecule has 2 heterocycles. The molecule has 2 aromatic rings. The van der Waals surface area contributed by atoms with Gasteiger partial charge in [0.25, 0.3) is 11.7 Å². The first-order chi connectivity index (χ1) is 14.0. The number of benzene rings is 1. The van der Waals surface area contributed by atoms with Gasteiger partial charge in [-0.05, 0) is 55.5 Å². The Labute approximate surface area is 174 Å². The highest BCUT2D eigenvalue weighted by Gasteiger charge is 2.29. The molecule has 29 heavy (non-hydrogen) atoms. The number of hydrogen-bond donors (Lipinski definition) is 1. The first-order valence-corrected chi connectivity index (χ1v) is 9.86. The van der Waals surface area contributed by atoms with E-state index >= 15 is 0 Å². The maximum absolute atomic E-state index is 12.4. The minimum absolute atomic E-state index is 0.0481. The van der Waals surface area contributed by atoms with Gasteiger partial charge in [-0.2, -0.15) is 0 Å². The minimum Gasteiger partial charge on any atom is -0.495 e. The predicted octanol–water partition coefficient (Wildman–Crippen LogP) is 3.78. The van der Waals surface area contributed by atoms with E-state index in [4.69, 9.17) is 20.8 Å². The van der Waals surface area contributed by atoms with E-state index in [1.807, 2.05) is 0 Å². The van der Waals surface area contributed by atoms with Crippen molar-refractivity contribution in [1.82, 2.24) is 4.90 Å². The lowest BCUT2D eigenvalue weighted by atomic mass is 9.93. The van der Waals surface area contributed by atoms with E-state index in [0.717, 1.165) is 12.8 Å². The van der Waals surface area contributed by atoms with E-state index < -0.39 is 11.7 Å². The lowest BCUT2D eigenvalue weighted by Gasteiger charge is -2.32. The smallest absolute Gasteiger partial charge is 0.298 e. The number of halogens is 1. The van der Waals surface area contributed by atoms with Crippen LogP contribution in [0.5, 0.6) is 5.75 Å². The number of ketones is 1. The molecule has 1 aromatic heterocycles. The van der Waals surface area contributed by atoms with Crippen LogP contribution in [0.25, 0.3) is 0 Å². The molecule has 0 radical (unpaired) electrons. The molecular formula is C21H23ClN2O5. The summed E-state index contributed by atoms with van der Waals surface area (Å²) in [7, 11) is 1.52. The van der Waals surface area contributed by atoms with Gasteiger partial charge in [-0.15, -0.1) is 0 Å². The van der Waals surface area contributed by atoms with Gasteiger partial charge in [0.15, 0.2) is 5.76 Å². The Morgan fingerprint density at radius 3 is 2.86 bits per heavy atom. The van der Waals surface area contributed by atoms with Crippen LogP contribution in [0.1, 0.15) is 36.2 Å². The van der Waals surface area contributed by atoms with Gasteiger partial charge in [-0.1, -0.05) is 11.6 Å². The Balaban J connectivity index is 1.52. The molecule has 1 N–H and O–H groups in total. The van der Waals surface area contributed by atoms with Crippen molar-refractivity contribution in [2.24, 2.45) is 5.92 Å². The van der Waals surface area contributed by atoms with Crippen LogP contribution < -0.4 is 10.1 Å². The molecule has 0 saturated carbocycles. The monoisotopic (exact) mass is 418 g/mol. The van der Waals surface area contributed by atoms with E-state index in [2.05, 4.69) is 5.32 Å². The summed E-state index contributed by atoms with van der Waals surface area (Å²) in [5, 5.41) is 3.32. The average molecular weight is 419 g/mol. The number of nitrogens with zero attached hydrogens (tertiary/aromatic N) is 1. The van der Waals surface area contributed by atoms with Crippen molar-refractivity contribution < 1.29 is 23.5 Å². The zero-order valence-electron chi connectivity index (χ0n) is 16.2. The predicted molar refractivity (Wildman–Crippen MR) is 108 cm³/mol. The van der Waals surface area contributed by atoms with Crippen LogP contribution in [0, 0.1) is 5.92 Å². The number of piperidine rings is 1. The molecular weight excluding hydrogens is 396 g/mol. The standard InChI is InChI=1S/C21H23ClN2O5/c1-28-17-8-7-15(22)12-16(17)23-19(25)9-6-14-4-2-10-24(13-14)21(27)20(26)18-5-3-11-29-18/h3,5,7-8,11-12,14H,2,4,6,9-10,13H2,1H3,(H,23,25)/t14-/m0/s1. The Bertz CT molecular complexity index is 881. The number of nitrogens with one attached hydrogen (secondary N) is 1. The second kappa shape index (κ2) is 9.60. The Hall–Kier alpha value is -2.80. The summed E-state index contributed by atoms with van der Waals surface area (Å²) in [6.45, 7) is 0.993. The highest BCUT2D eigenvalue weighted by Crippen LogP contribution is 2.28. The van der Waals surface area contributed by atoms with Gasteiger partial charge >= 0.3 is 0 Å². The van der Waals surface area contributed by atoms with Crippen LogP contribution in [0.4, 0.5) is 5.69 Å². The molecule has 1 saturated heterocycles. The van der Waals surface area contributed by atoms with Crippen LogP contribution in [0.2, 0.25) is 5.02 Å². The van der Waals surface area contributed by atoms with E-state index in [0.29, 0.717) is 42.4 Å². The largest absolute Gasteiger partial charge is 0.495 e. The maximum Gasteiger partial charge on any atom is 0.298 e.